The molecule has 0 aromatic carbocycles. The zero-order valence-electron chi connectivity index (χ0n) is 7.57. The molecule has 0 radical (unpaired) electrons. The maximum absolute atomic E-state index is 10.8. The van der Waals surface area contributed by atoms with Gasteiger partial charge in [0.1, 0.15) is 0 Å². The van der Waals surface area contributed by atoms with Crippen LogP contribution in [0, 0.1) is 5.92 Å². The molecule has 0 unspecified atom stereocenters. The van der Waals surface area contributed by atoms with Crippen LogP contribution in [-0.4, -0.2) is 16.6 Å². The molecule has 5 nitrogen and oxygen atoms in total. The minimum atomic E-state index is -0.299. The Morgan fingerprint density at radius 1 is 1.69 bits per heavy atom. The Morgan fingerprint density at radius 2 is 2.31 bits per heavy atom. The van der Waals surface area contributed by atoms with E-state index < -0.39 is 0 Å². The molecule has 6 heteroatoms. The quantitative estimate of drug-likeness (QED) is 0.493. The molecule has 1 heterocycles. The molecule has 0 bridgehead atoms. The summed E-state index contributed by atoms with van der Waals surface area (Å²) in [4.78, 5) is 12.8. The standard InChI is InChI=1S/C7H13N3O2S/c1-4(2)3-10(8)6-5(11)9-7(12)13-6/h4,11H,3,8H2,1-2H3,(H,9,12). The van der Waals surface area contributed by atoms with Gasteiger partial charge in [-0.05, 0) is 5.92 Å². The summed E-state index contributed by atoms with van der Waals surface area (Å²) in [5.74, 6) is 5.86. The highest BCUT2D eigenvalue weighted by Crippen LogP contribution is 2.25. The van der Waals surface area contributed by atoms with Gasteiger partial charge in [-0.1, -0.05) is 25.2 Å². The third kappa shape index (κ3) is 2.46. The van der Waals surface area contributed by atoms with Gasteiger partial charge in [-0.3, -0.25) is 14.8 Å². The molecule has 0 aliphatic carbocycles. The van der Waals surface area contributed by atoms with Crippen LogP contribution in [0.5, 0.6) is 5.88 Å². The summed E-state index contributed by atoms with van der Waals surface area (Å²) in [5, 5.41) is 11.0. The van der Waals surface area contributed by atoms with Gasteiger partial charge in [0.2, 0.25) is 5.88 Å². The number of hydrogen-bond donors (Lipinski definition) is 3. The van der Waals surface area contributed by atoms with Crippen LogP contribution in [-0.2, 0) is 0 Å². The summed E-state index contributed by atoms with van der Waals surface area (Å²) in [6.07, 6.45) is 0. The first-order valence-electron chi connectivity index (χ1n) is 3.95. The van der Waals surface area contributed by atoms with Gasteiger partial charge in [0, 0.05) is 6.54 Å². The molecule has 0 amide bonds. The summed E-state index contributed by atoms with van der Waals surface area (Å²) < 4.78 is 0. The van der Waals surface area contributed by atoms with E-state index in [0.29, 0.717) is 17.5 Å². The van der Waals surface area contributed by atoms with Crippen molar-refractivity contribution in [1.82, 2.24) is 4.98 Å². The van der Waals surface area contributed by atoms with E-state index in [1.165, 1.54) is 5.01 Å². The lowest BCUT2D eigenvalue weighted by Gasteiger charge is -2.18. The molecular formula is C7H13N3O2S. The second-order valence-corrected chi connectivity index (χ2v) is 4.18. The highest BCUT2D eigenvalue weighted by Gasteiger charge is 2.12. The number of aromatic hydroxyl groups is 1. The minimum Gasteiger partial charge on any atom is -0.492 e. The molecule has 0 saturated heterocycles. The van der Waals surface area contributed by atoms with Crippen molar-refractivity contribution in [3.8, 4) is 5.88 Å². The van der Waals surface area contributed by atoms with E-state index in [2.05, 4.69) is 4.98 Å². The molecule has 4 N–H and O–H groups in total. The maximum atomic E-state index is 10.8. The van der Waals surface area contributed by atoms with Crippen molar-refractivity contribution in [2.75, 3.05) is 11.6 Å². The predicted octanol–water partition coefficient (Wildman–Crippen LogP) is 0.478. The first-order valence-corrected chi connectivity index (χ1v) is 4.76. The summed E-state index contributed by atoms with van der Waals surface area (Å²) in [6, 6.07) is 0. The monoisotopic (exact) mass is 203 g/mol. The van der Waals surface area contributed by atoms with Crippen LogP contribution in [0.1, 0.15) is 13.8 Å². The Labute approximate surface area is 79.8 Å². The van der Waals surface area contributed by atoms with Crippen molar-refractivity contribution in [2.24, 2.45) is 11.8 Å². The number of nitrogens with one attached hydrogen (secondary N) is 1. The lowest BCUT2D eigenvalue weighted by Crippen LogP contribution is -2.33. The van der Waals surface area contributed by atoms with Crippen LogP contribution < -0.4 is 15.7 Å². The van der Waals surface area contributed by atoms with Crippen LogP contribution >= 0.6 is 11.3 Å². The number of hydrogen-bond acceptors (Lipinski definition) is 5. The third-order valence-electron chi connectivity index (χ3n) is 1.44. The second kappa shape index (κ2) is 3.80. The highest BCUT2D eigenvalue weighted by atomic mass is 32.1. The van der Waals surface area contributed by atoms with Crippen LogP contribution in [0.4, 0.5) is 5.00 Å². The molecule has 0 spiro atoms. The summed E-state index contributed by atoms with van der Waals surface area (Å²) in [6.45, 7) is 4.61. The molecule has 1 aromatic heterocycles. The molecule has 1 rings (SSSR count). The smallest absolute Gasteiger partial charge is 0.309 e. The van der Waals surface area contributed by atoms with Crippen molar-refractivity contribution < 1.29 is 5.11 Å². The average Bonchev–Trinajstić information content (AvgIpc) is 2.28. The molecule has 0 fully saturated rings. The van der Waals surface area contributed by atoms with Gasteiger partial charge >= 0.3 is 4.87 Å². The Hall–Kier alpha value is -1.01. The zero-order chi connectivity index (χ0) is 10.0. The Balaban J connectivity index is 2.82. The van der Waals surface area contributed by atoms with E-state index in [4.69, 9.17) is 5.84 Å². The van der Waals surface area contributed by atoms with Crippen LogP contribution in [0.25, 0.3) is 0 Å². The topological polar surface area (TPSA) is 82.3 Å². The first kappa shape index (κ1) is 10.1. The predicted molar refractivity (Wildman–Crippen MR) is 53.0 cm³/mol. The first-order chi connectivity index (χ1) is 6.00. The number of H-pyrrole nitrogens is 1. The maximum Gasteiger partial charge on any atom is 0.309 e. The van der Waals surface area contributed by atoms with Crippen molar-refractivity contribution in [1.29, 1.82) is 0 Å². The largest absolute Gasteiger partial charge is 0.492 e. The van der Waals surface area contributed by atoms with E-state index in [0.717, 1.165) is 11.3 Å². The lowest BCUT2D eigenvalue weighted by atomic mass is 10.2. The highest BCUT2D eigenvalue weighted by molar-refractivity contribution is 7.13. The Morgan fingerprint density at radius 3 is 2.69 bits per heavy atom. The number of nitrogens with zero attached hydrogens (tertiary/aromatic N) is 1. The second-order valence-electron chi connectivity index (χ2n) is 3.21. The van der Waals surface area contributed by atoms with Crippen molar-refractivity contribution >= 4 is 16.3 Å². The Bertz CT molecular complexity index is 331. The van der Waals surface area contributed by atoms with Gasteiger partial charge < -0.3 is 5.11 Å². The van der Waals surface area contributed by atoms with E-state index >= 15 is 0 Å². The van der Waals surface area contributed by atoms with Gasteiger partial charge in [0.25, 0.3) is 0 Å². The zero-order valence-corrected chi connectivity index (χ0v) is 8.39. The van der Waals surface area contributed by atoms with Gasteiger partial charge in [-0.15, -0.1) is 0 Å². The van der Waals surface area contributed by atoms with Crippen LogP contribution in [0.15, 0.2) is 4.79 Å². The lowest BCUT2D eigenvalue weighted by molar-refractivity contribution is 0.454. The fourth-order valence-corrected chi connectivity index (χ4v) is 1.65. The van der Waals surface area contributed by atoms with Crippen molar-refractivity contribution in [3.05, 3.63) is 9.67 Å². The van der Waals surface area contributed by atoms with E-state index in [1.807, 2.05) is 13.8 Å². The average molecular weight is 203 g/mol. The minimum absolute atomic E-state index is 0.154. The van der Waals surface area contributed by atoms with Crippen molar-refractivity contribution in [2.45, 2.75) is 13.8 Å². The summed E-state index contributed by atoms with van der Waals surface area (Å²) in [5.41, 5.74) is 0. The molecule has 0 atom stereocenters. The summed E-state index contributed by atoms with van der Waals surface area (Å²) >= 11 is 0.904. The number of rotatable bonds is 3. The van der Waals surface area contributed by atoms with Gasteiger partial charge in [0.05, 0.1) is 0 Å². The number of nitrogens with two attached hydrogens (primary N) is 1. The molecule has 74 valence electrons. The van der Waals surface area contributed by atoms with Crippen LogP contribution in [0.3, 0.4) is 0 Å². The number of thiazole rings is 1. The molecule has 1 aromatic rings. The van der Waals surface area contributed by atoms with E-state index in [9.17, 15) is 9.90 Å². The van der Waals surface area contributed by atoms with E-state index in [-0.39, 0.29) is 10.8 Å². The molecule has 0 aliphatic heterocycles. The number of aromatic amines is 1. The fraction of sp³-hybridized carbons (Fsp3) is 0.571. The van der Waals surface area contributed by atoms with E-state index in [1.54, 1.807) is 0 Å². The number of aromatic nitrogens is 1. The number of anilines is 1. The van der Waals surface area contributed by atoms with Gasteiger partial charge in [0.15, 0.2) is 5.00 Å². The normalized spacial score (nSPS) is 10.8. The molecule has 0 saturated carbocycles. The van der Waals surface area contributed by atoms with Gasteiger partial charge in [-0.2, -0.15) is 0 Å². The summed E-state index contributed by atoms with van der Waals surface area (Å²) in [7, 11) is 0. The van der Waals surface area contributed by atoms with Crippen molar-refractivity contribution in [3.63, 3.8) is 0 Å². The Kier molecular flexibility index (Phi) is 2.94. The third-order valence-corrected chi connectivity index (χ3v) is 2.34. The molecule has 13 heavy (non-hydrogen) atoms. The molecule has 0 aliphatic rings. The molecular weight excluding hydrogens is 190 g/mol. The van der Waals surface area contributed by atoms with Gasteiger partial charge in [-0.25, -0.2) is 5.84 Å². The SMILES string of the molecule is CC(C)CN(N)c1sc(=O)[nH]c1O. The van der Waals surface area contributed by atoms with Crippen LogP contribution in [0.2, 0.25) is 0 Å². The number of hydrazine groups is 1. The fourth-order valence-electron chi connectivity index (χ4n) is 0.983.